The highest BCUT2D eigenvalue weighted by molar-refractivity contribution is 5.94. The number of carboxylic acids is 1. The molecule has 2 aromatic rings. The lowest BCUT2D eigenvalue weighted by molar-refractivity contribution is -0.143. The topological polar surface area (TPSA) is 66.8 Å². The maximum atomic E-state index is 12.8. The lowest BCUT2D eigenvalue weighted by Gasteiger charge is -2.36. The average molecular weight is 353 g/mol. The molecule has 1 saturated heterocycles. The van der Waals surface area contributed by atoms with E-state index in [0.717, 1.165) is 11.3 Å². The molecule has 2 atom stereocenters. The number of carbonyl (C=O) groups is 2. The summed E-state index contributed by atoms with van der Waals surface area (Å²) in [7, 11) is 0. The molecule has 1 aliphatic rings. The SMILES string of the molecule is CC1CCC(C(=O)O)CN1C(=O)c1ccc(COc2ccccc2)cc1. The lowest BCUT2D eigenvalue weighted by Crippen LogP contribution is -2.47. The molecule has 1 heterocycles. The molecule has 1 N–H and O–H groups in total. The van der Waals surface area contributed by atoms with Crippen molar-refractivity contribution in [3.05, 3.63) is 65.7 Å². The molecule has 0 spiro atoms. The molecule has 2 unspecified atom stereocenters. The van der Waals surface area contributed by atoms with E-state index in [4.69, 9.17) is 4.74 Å². The van der Waals surface area contributed by atoms with Crippen LogP contribution in [-0.2, 0) is 11.4 Å². The van der Waals surface area contributed by atoms with Gasteiger partial charge in [0.2, 0.25) is 0 Å². The minimum atomic E-state index is -0.830. The van der Waals surface area contributed by atoms with E-state index in [-0.39, 0.29) is 18.5 Å². The number of ether oxygens (including phenoxy) is 1. The maximum absolute atomic E-state index is 12.8. The van der Waals surface area contributed by atoms with Crippen LogP contribution in [0, 0.1) is 5.92 Å². The van der Waals surface area contributed by atoms with Crippen molar-refractivity contribution in [2.45, 2.75) is 32.4 Å². The normalized spacial score (nSPS) is 19.8. The molecular weight excluding hydrogens is 330 g/mol. The number of carboxylic acid groups (broad SMARTS) is 1. The predicted octanol–water partition coefficient (Wildman–Crippen LogP) is 3.59. The average Bonchev–Trinajstić information content (AvgIpc) is 2.67. The highest BCUT2D eigenvalue weighted by atomic mass is 16.5. The van der Waals surface area contributed by atoms with Gasteiger partial charge >= 0.3 is 5.97 Å². The molecule has 0 bridgehead atoms. The Morgan fingerprint density at radius 3 is 2.42 bits per heavy atom. The molecule has 0 radical (unpaired) electrons. The van der Waals surface area contributed by atoms with Gasteiger partial charge in [0.25, 0.3) is 5.91 Å². The zero-order valence-electron chi connectivity index (χ0n) is 14.8. The molecule has 0 aromatic heterocycles. The van der Waals surface area contributed by atoms with Crippen LogP contribution in [0.1, 0.15) is 35.7 Å². The van der Waals surface area contributed by atoms with E-state index in [9.17, 15) is 14.7 Å². The predicted molar refractivity (Wildman–Crippen MR) is 98.1 cm³/mol. The Labute approximate surface area is 153 Å². The van der Waals surface area contributed by atoms with Crippen LogP contribution in [-0.4, -0.2) is 34.5 Å². The molecule has 3 rings (SSSR count). The largest absolute Gasteiger partial charge is 0.489 e. The quantitative estimate of drug-likeness (QED) is 0.892. The molecular formula is C21H23NO4. The summed E-state index contributed by atoms with van der Waals surface area (Å²) in [5.41, 5.74) is 1.55. The van der Waals surface area contributed by atoms with E-state index in [1.807, 2.05) is 49.4 Å². The number of hydrogen-bond acceptors (Lipinski definition) is 3. The van der Waals surface area contributed by atoms with Crippen molar-refractivity contribution in [3.63, 3.8) is 0 Å². The standard InChI is InChI=1S/C21H23NO4/c1-15-7-10-18(21(24)25)13-22(15)20(23)17-11-8-16(9-12-17)14-26-19-5-3-2-4-6-19/h2-6,8-9,11-12,15,18H,7,10,13-14H2,1H3,(H,24,25). The van der Waals surface area contributed by atoms with Crippen LogP contribution in [0.5, 0.6) is 5.75 Å². The second kappa shape index (κ2) is 8.04. The fourth-order valence-electron chi connectivity index (χ4n) is 3.18. The Balaban J connectivity index is 1.63. The molecule has 5 heteroatoms. The van der Waals surface area contributed by atoms with Gasteiger partial charge in [0, 0.05) is 18.2 Å². The van der Waals surface area contributed by atoms with Gasteiger partial charge in [0.05, 0.1) is 5.92 Å². The summed E-state index contributed by atoms with van der Waals surface area (Å²) in [5.74, 6) is -0.620. The molecule has 1 fully saturated rings. The molecule has 0 saturated carbocycles. The maximum Gasteiger partial charge on any atom is 0.308 e. The van der Waals surface area contributed by atoms with Crippen LogP contribution in [0.3, 0.4) is 0 Å². The Morgan fingerprint density at radius 1 is 1.08 bits per heavy atom. The zero-order chi connectivity index (χ0) is 18.5. The molecule has 1 amide bonds. The first-order valence-corrected chi connectivity index (χ1v) is 8.85. The zero-order valence-corrected chi connectivity index (χ0v) is 14.8. The summed E-state index contributed by atoms with van der Waals surface area (Å²) in [6.45, 7) is 2.67. The summed E-state index contributed by atoms with van der Waals surface area (Å²) in [5, 5.41) is 9.23. The van der Waals surface area contributed by atoms with E-state index in [0.29, 0.717) is 25.0 Å². The summed E-state index contributed by atoms with van der Waals surface area (Å²) >= 11 is 0. The van der Waals surface area contributed by atoms with Crippen molar-refractivity contribution in [2.75, 3.05) is 6.54 Å². The number of carbonyl (C=O) groups excluding carboxylic acids is 1. The molecule has 5 nitrogen and oxygen atoms in total. The highest BCUT2D eigenvalue weighted by Gasteiger charge is 2.32. The third kappa shape index (κ3) is 4.23. The first-order chi connectivity index (χ1) is 12.5. The fraction of sp³-hybridized carbons (Fsp3) is 0.333. The van der Waals surface area contributed by atoms with Gasteiger partial charge < -0.3 is 14.7 Å². The van der Waals surface area contributed by atoms with E-state index >= 15 is 0 Å². The highest BCUT2D eigenvalue weighted by Crippen LogP contribution is 2.24. The number of benzene rings is 2. The number of nitrogens with zero attached hydrogens (tertiary/aromatic N) is 1. The number of piperidine rings is 1. The van der Waals surface area contributed by atoms with Gasteiger partial charge in [-0.25, -0.2) is 0 Å². The van der Waals surface area contributed by atoms with Crippen LogP contribution in [0.4, 0.5) is 0 Å². The van der Waals surface area contributed by atoms with Crippen molar-refractivity contribution in [1.82, 2.24) is 4.90 Å². The van der Waals surface area contributed by atoms with Crippen molar-refractivity contribution in [2.24, 2.45) is 5.92 Å². The molecule has 0 aliphatic carbocycles. The van der Waals surface area contributed by atoms with Gasteiger partial charge in [-0.1, -0.05) is 30.3 Å². The monoisotopic (exact) mass is 353 g/mol. The summed E-state index contributed by atoms with van der Waals surface area (Å²) in [6.07, 6.45) is 1.34. The summed E-state index contributed by atoms with van der Waals surface area (Å²) < 4.78 is 5.71. The first kappa shape index (κ1) is 18.0. The Morgan fingerprint density at radius 2 is 1.77 bits per heavy atom. The second-order valence-corrected chi connectivity index (χ2v) is 6.72. The van der Waals surface area contributed by atoms with Crippen LogP contribution in [0.15, 0.2) is 54.6 Å². The van der Waals surface area contributed by atoms with Gasteiger partial charge in [-0.2, -0.15) is 0 Å². The van der Waals surface area contributed by atoms with Gasteiger partial charge in [0.15, 0.2) is 0 Å². The number of rotatable bonds is 5. The summed E-state index contributed by atoms with van der Waals surface area (Å²) in [4.78, 5) is 25.7. The van der Waals surface area contributed by atoms with Crippen molar-refractivity contribution in [3.8, 4) is 5.75 Å². The number of likely N-dealkylation sites (tertiary alicyclic amines) is 1. The Kier molecular flexibility index (Phi) is 5.56. The van der Waals surface area contributed by atoms with Crippen molar-refractivity contribution >= 4 is 11.9 Å². The van der Waals surface area contributed by atoms with E-state index in [1.165, 1.54) is 0 Å². The van der Waals surface area contributed by atoms with Crippen LogP contribution in [0.25, 0.3) is 0 Å². The van der Waals surface area contributed by atoms with Gasteiger partial charge in [0.1, 0.15) is 12.4 Å². The van der Waals surface area contributed by atoms with Gasteiger partial charge in [-0.3, -0.25) is 9.59 Å². The smallest absolute Gasteiger partial charge is 0.308 e. The Bertz CT molecular complexity index is 757. The molecule has 2 aromatic carbocycles. The third-order valence-electron chi connectivity index (χ3n) is 4.84. The molecule has 26 heavy (non-hydrogen) atoms. The minimum Gasteiger partial charge on any atom is -0.489 e. The van der Waals surface area contributed by atoms with E-state index < -0.39 is 11.9 Å². The minimum absolute atomic E-state index is 0.0548. The third-order valence-corrected chi connectivity index (χ3v) is 4.84. The van der Waals surface area contributed by atoms with Crippen molar-refractivity contribution < 1.29 is 19.4 Å². The number of para-hydroxylation sites is 1. The van der Waals surface area contributed by atoms with E-state index in [2.05, 4.69) is 0 Å². The fourth-order valence-corrected chi connectivity index (χ4v) is 3.18. The first-order valence-electron chi connectivity index (χ1n) is 8.85. The second-order valence-electron chi connectivity index (χ2n) is 6.72. The van der Waals surface area contributed by atoms with Crippen molar-refractivity contribution in [1.29, 1.82) is 0 Å². The van der Waals surface area contributed by atoms with Crippen LogP contribution < -0.4 is 4.74 Å². The Hall–Kier alpha value is -2.82. The van der Waals surface area contributed by atoms with Crippen LogP contribution >= 0.6 is 0 Å². The van der Waals surface area contributed by atoms with Gasteiger partial charge in [-0.05, 0) is 49.6 Å². The number of aliphatic carboxylic acids is 1. The lowest BCUT2D eigenvalue weighted by atomic mass is 9.93. The number of amides is 1. The molecule has 136 valence electrons. The van der Waals surface area contributed by atoms with E-state index in [1.54, 1.807) is 17.0 Å². The van der Waals surface area contributed by atoms with Gasteiger partial charge in [-0.15, -0.1) is 0 Å². The number of hydrogen-bond donors (Lipinski definition) is 1. The van der Waals surface area contributed by atoms with Crippen LogP contribution in [0.2, 0.25) is 0 Å². The summed E-state index contributed by atoms with van der Waals surface area (Å²) in [6, 6.07) is 16.9. The molecule has 1 aliphatic heterocycles.